The Kier molecular flexibility index (Phi) is 4.18. The molecule has 0 unspecified atom stereocenters. The number of hydrogen-bond donors (Lipinski definition) is 1. The zero-order valence-corrected chi connectivity index (χ0v) is 14.2. The van der Waals surface area contributed by atoms with Gasteiger partial charge in [0.05, 0.1) is 0 Å². The maximum Gasteiger partial charge on any atom is 0.251 e. The fraction of sp³-hybridized carbons (Fsp3) is 0.158. The molecule has 1 aromatic carbocycles. The lowest BCUT2D eigenvalue weighted by Crippen LogP contribution is -2.13. The lowest BCUT2D eigenvalue weighted by molar-refractivity contribution is 0.574. The number of H-pyrrole nitrogens is 1. The lowest BCUT2D eigenvalue weighted by atomic mass is 10.2. The van der Waals surface area contributed by atoms with E-state index in [0.29, 0.717) is 41.9 Å². The Hall–Kier alpha value is -3.48. The second kappa shape index (κ2) is 6.79. The van der Waals surface area contributed by atoms with E-state index in [4.69, 9.17) is 4.42 Å². The highest BCUT2D eigenvalue weighted by atomic mass is 16.3. The quantitative estimate of drug-likeness (QED) is 0.599. The molecule has 0 fully saturated rings. The first-order valence-electron chi connectivity index (χ1n) is 8.28. The standard InChI is InChI=1S/C19H17N5O2/c1-13-11-17(25)23-16(21-13)7-9-24-10-8-20-18(24)15-12-26-19(22-15)14-5-3-2-4-6-14/h2-6,8,10-12H,7,9H2,1H3,(H,21,23,25). The van der Waals surface area contributed by atoms with Gasteiger partial charge in [-0.2, -0.15) is 0 Å². The van der Waals surface area contributed by atoms with Crippen molar-refractivity contribution in [1.82, 2.24) is 24.5 Å². The normalized spacial score (nSPS) is 11.0. The van der Waals surface area contributed by atoms with Crippen LogP contribution < -0.4 is 5.56 Å². The first-order chi connectivity index (χ1) is 12.7. The summed E-state index contributed by atoms with van der Waals surface area (Å²) in [5.74, 6) is 1.92. The van der Waals surface area contributed by atoms with Gasteiger partial charge in [0.2, 0.25) is 5.89 Å². The zero-order valence-electron chi connectivity index (χ0n) is 14.2. The molecule has 4 rings (SSSR count). The van der Waals surface area contributed by atoms with E-state index in [0.717, 1.165) is 5.56 Å². The van der Waals surface area contributed by atoms with Gasteiger partial charge in [0.25, 0.3) is 5.56 Å². The van der Waals surface area contributed by atoms with Crippen LogP contribution in [0.1, 0.15) is 11.5 Å². The van der Waals surface area contributed by atoms with Crippen LogP contribution in [0.2, 0.25) is 0 Å². The van der Waals surface area contributed by atoms with Crippen molar-refractivity contribution in [2.24, 2.45) is 0 Å². The van der Waals surface area contributed by atoms with Gasteiger partial charge in [-0.1, -0.05) is 18.2 Å². The maximum absolute atomic E-state index is 11.6. The second-order valence-electron chi connectivity index (χ2n) is 5.93. The van der Waals surface area contributed by atoms with Gasteiger partial charge < -0.3 is 14.0 Å². The third kappa shape index (κ3) is 3.32. The van der Waals surface area contributed by atoms with E-state index in [1.165, 1.54) is 6.07 Å². The van der Waals surface area contributed by atoms with E-state index < -0.39 is 0 Å². The van der Waals surface area contributed by atoms with E-state index in [-0.39, 0.29) is 5.56 Å². The fourth-order valence-corrected chi connectivity index (χ4v) is 2.80. The molecule has 26 heavy (non-hydrogen) atoms. The number of hydrogen-bond acceptors (Lipinski definition) is 5. The Morgan fingerprint density at radius 1 is 1.19 bits per heavy atom. The minimum absolute atomic E-state index is 0.137. The summed E-state index contributed by atoms with van der Waals surface area (Å²) in [7, 11) is 0. The molecule has 1 N–H and O–H groups in total. The molecule has 0 aliphatic carbocycles. The van der Waals surface area contributed by atoms with Gasteiger partial charge in [0.1, 0.15) is 17.8 Å². The summed E-state index contributed by atoms with van der Waals surface area (Å²) < 4.78 is 7.57. The van der Waals surface area contributed by atoms with Crippen molar-refractivity contribution in [2.45, 2.75) is 19.9 Å². The van der Waals surface area contributed by atoms with Gasteiger partial charge >= 0.3 is 0 Å². The van der Waals surface area contributed by atoms with Crippen molar-refractivity contribution in [1.29, 1.82) is 0 Å². The number of nitrogens with one attached hydrogen (secondary N) is 1. The Morgan fingerprint density at radius 3 is 2.85 bits per heavy atom. The Morgan fingerprint density at radius 2 is 2.04 bits per heavy atom. The summed E-state index contributed by atoms with van der Waals surface area (Å²) in [6, 6.07) is 11.2. The summed E-state index contributed by atoms with van der Waals surface area (Å²) in [5, 5.41) is 0. The van der Waals surface area contributed by atoms with Gasteiger partial charge in [-0.15, -0.1) is 0 Å². The molecule has 4 aromatic rings. The molecule has 0 aliphatic heterocycles. The van der Waals surface area contributed by atoms with Crippen LogP contribution in [0.5, 0.6) is 0 Å². The van der Waals surface area contributed by atoms with Crippen molar-refractivity contribution >= 4 is 0 Å². The third-order valence-electron chi connectivity index (χ3n) is 3.98. The van der Waals surface area contributed by atoms with Crippen LogP contribution in [-0.4, -0.2) is 24.5 Å². The minimum atomic E-state index is -0.137. The maximum atomic E-state index is 11.6. The van der Waals surface area contributed by atoms with E-state index in [2.05, 4.69) is 19.9 Å². The van der Waals surface area contributed by atoms with Crippen molar-refractivity contribution in [2.75, 3.05) is 0 Å². The fourth-order valence-electron chi connectivity index (χ4n) is 2.80. The average Bonchev–Trinajstić information content (AvgIpc) is 3.29. The number of imidazole rings is 1. The van der Waals surface area contributed by atoms with Crippen molar-refractivity contribution in [3.8, 4) is 23.0 Å². The van der Waals surface area contributed by atoms with E-state index in [1.807, 2.05) is 48.0 Å². The summed E-state index contributed by atoms with van der Waals surface area (Å²) in [6.45, 7) is 2.43. The molecule has 0 saturated carbocycles. The SMILES string of the molecule is Cc1cc(=O)[nH]c(CCn2ccnc2-c2coc(-c3ccccc3)n2)n1. The molecule has 0 amide bonds. The van der Waals surface area contributed by atoms with Crippen LogP contribution in [0.3, 0.4) is 0 Å². The third-order valence-corrected chi connectivity index (χ3v) is 3.98. The number of aromatic amines is 1. The largest absolute Gasteiger partial charge is 0.444 e. The molecule has 0 spiro atoms. The number of benzene rings is 1. The number of oxazole rings is 1. The Labute approximate surface area is 149 Å². The predicted octanol–water partition coefficient (Wildman–Crippen LogP) is 2.84. The molecule has 3 aromatic heterocycles. The van der Waals surface area contributed by atoms with Gasteiger partial charge in [-0.05, 0) is 19.1 Å². The van der Waals surface area contributed by atoms with E-state index in [9.17, 15) is 4.79 Å². The van der Waals surface area contributed by atoms with E-state index in [1.54, 1.807) is 12.5 Å². The number of aryl methyl sites for hydroxylation is 3. The Balaban J connectivity index is 1.56. The van der Waals surface area contributed by atoms with Crippen LogP contribution >= 0.6 is 0 Å². The summed E-state index contributed by atoms with van der Waals surface area (Å²) in [6.07, 6.45) is 5.79. The van der Waals surface area contributed by atoms with Crippen molar-refractivity contribution in [3.05, 3.63) is 76.9 Å². The smallest absolute Gasteiger partial charge is 0.251 e. The minimum Gasteiger partial charge on any atom is -0.444 e. The highest BCUT2D eigenvalue weighted by Gasteiger charge is 2.13. The molecule has 130 valence electrons. The molecule has 7 nitrogen and oxygen atoms in total. The van der Waals surface area contributed by atoms with Crippen LogP contribution in [-0.2, 0) is 13.0 Å². The molecule has 0 atom stereocenters. The van der Waals surface area contributed by atoms with E-state index >= 15 is 0 Å². The van der Waals surface area contributed by atoms with Crippen LogP contribution in [0.15, 0.2) is 64.3 Å². The predicted molar refractivity (Wildman–Crippen MR) is 96.5 cm³/mol. The average molecular weight is 347 g/mol. The summed E-state index contributed by atoms with van der Waals surface area (Å²) >= 11 is 0. The first-order valence-corrected chi connectivity index (χ1v) is 8.28. The molecule has 0 saturated heterocycles. The Bertz CT molecular complexity index is 1080. The molecular weight excluding hydrogens is 330 g/mol. The lowest BCUT2D eigenvalue weighted by Gasteiger charge is -2.06. The van der Waals surface area contributed by atoms with Gasteiger partial charge in [0.15, 0.2) is 5.82 Å². The van der Waals surface area contributed by atoms with Crippen molar-refractivity contribution < 1.29 is 4.42 Å². The van der Waals surface area contributed by atoms with Crippen LogP contribution in [0.25, 0.3) is 23.0 Å². The van der Waals surface area contributed by atoms with Crippen LogP contribution in [0, 0.1) is 6.92 Å². The van der Waals surface area contributed by atoms with Crippen LogP contribution in [0.4, 0.5) is 0 Å². The first kappa shape index (κ1) is 16.0. The molecule has 0 bridgehead atoms. The monoisotopic (exact) mass is 347 g/mol. The second-order valence-corrected chi connectivity index (χ2v) is 5.93. The van der Waals surface area contributed by atoms with Gasteiger partial charge in [-0.25, -0.2) is 15.0 Å². The number of aromatic nitrogens is 5. The molecule has 3 heterocycles. The number of nitrogens with zero attached hydrogens (tertiary/aromatic N) is 4. The zero-order chi connectivity index (χ0) is 17.9. The topological polar surface area (TPSA) is 89.6 Å². The molecular formula is C19H17N5O2. The summed E-state index contributed by atoms with van der Waals surface area (Å²) in [4.78, 5) is 27.6. The van der Waals surface area contributed by atoms with Gasteiger partial charge in [0, 0.05) is 42.7 Å². The highest BCUT2D eigenvalue weighted by Crippen LogP contribution is 2.23. The van der Waals surface area contributed by atoms with Crippen molar-refractivity contribution in [3.63, 3.8) is 0 Å². The highest BCUT2D eigenvalue weighted by molar-refractivity contribution is 5.58. The van der Waals surface area contributed by atoms with Gasteiger partial charge in [-0.3, -0.25) is 4.79 Å². The number of rotatable bonds is 5. The molecule has 0 aliphatic rings. The summed E-state index contributed by atoms with van der Waals surface area (Å²) in [5.41, 5.74) is 2.15. The molecule has 0 radical (unpaired) electrons. The molecule has 7 heteroatoms.